The molecule has 0 unspecified atom stereocenters. The highest BCUT2D eigenvalue weighted by atomic mass is 19.4. The number of benzene rings is 1. The van der Waals surface area contributed by atoms with Crippen LogP contribution < -0.4 is 0 Å². The maximum absolute atomic E-state index is 13.4. The first-order valence-corrected chi connectivity index (χ1v) is 10.3. The van der Waals surface area contributed by atoms with Crippen LogP contribution in [0.15, 0.2) is 40.4 Å². The van der Waals surface area contributed by atoms with Crippen LogP contribution in [-0.2, 0) is 15.7 Å². The molecular formula is C22H26F3N3O2. The molecule has 3 heterocycles. The summed E-state index contributed by atoms with van der Waals surface area (Å²) in [6.45, 7) is 3.53. The summed E-state index contributed by atoms with van der Waals surface area (Å²) in [5, 5.41) is 0. The number of alkyl halides is 3. The van der Waals surface area contributed by atoms with Gasteiger partial charge in [0.15, 0.2) is 0 Å². The monoisotopic (exact) mass is 421 g/mol. The molecule has 0 aliphatic carbocycles. The molecule has 0 saturated carbocycles. The fraction of sp³-hybridized carbons (Fsp3) is 0.545. The number of halogens is 3. The molecule has 0 aromatic heterocycles. The van der Waals surface area contributed by atoms with Crippen LogP contribution in [0.4, 0.5) is 13.2 Å². The SMILES string of the molecule is COCN1CCC2=C(C1)C(C(=O)N1CCC(c3ccccc3C(F)(F)F)CC1)=NC2. The predicted molar refractivity (Wildman–Crippen MR) is 107 cm³/mol. The van der Waals surface area contributed by atoms with Gasteiger partial charge in [0, 0.05) is 33.3 Å². The number of carbonyl (C=O) groups excluding carboxylic acids is 1. The van der Waals surface area contributed by atoms with Crippen molar-refractivity contribution in [3.05, 3.63) is 46.5 Å². The van der Waals surface area contributed by atoms with Crippen molar-refractivity contribution in [2.75, 3.05) is 46.6 Å². The molecule has 1 amide bonds. The number of amides is 1. The lowest BCUT2D eigenvalue weighted by Gasteiger charge is -2.34. The fourth-order valence-electron chi connectivity index (χ4n) is 4.69. The van der Waals surface area contributed by atoms with Crippen LogP contribution in [-0.4, -0.2) is 68.0 Å². The van der Waals surface area contributed by atoms with Crippen LogP contribution in [0.2, 0.25) is 0 Å². The van der Waals surface area contributed by atoms with Gasteiger partial charge in [-0.15, -0.1) is 0 Å². The molecule has 4 rings (SSSR count). The molecule has 1 saturated heterocycles. The molecule has 3 aliphatic rings. The van der Waals surface area contributed by atoms with E-state index in [0.29, 0.717) is 57.0 Å². The van der Waals surface area contributed by atoms with Gasteiger partial charge in [0.2, 0.25) is 0 Å². The average Bonchev–Trinajstić information content (AvgIpc) is 3.16. The van der Waals surface area contributed by atoms with E-state index in [-0.39, 0.29) is 11.8 Å². The van der Waals surface area contributed by atoms with Crippen molar-refractivity contribution < 1.29 is 22.7 Å². The summed E-state index contributed by atoms with van der Waals surface area (Å²) in [5.74, 6) is -0.291. The van der Waals surface area contributed by atoms with Crippen LogP contribution in [0.3, 0.4) is 0 Å². The summed E-state index contributed by atoms with van der Waals surface area (Å²) in [7, 11) is 1.65. The van der Waals surface area contributed by atoms with E-state index in [0.717, 1.165) is 24.6 Å². The van der Waals surface area contributed by atoms with Gasteiger partial charge in [0.25, 0.3) is 5.91 Å². The maximum Gasteiger partial charge on any atom is 0.416 e. The highest BCUT2D eigenvalue weighted by Gasteiger charge is 2.37. The Bertz CT molecular complexity index is 871. The standard InChI is InChI=1S/C22H26F3N3O2/c1-30-14-27-9-6-16-12-26-20(18(16)13-27)21(29)28-10-7-15(8-11-28)17-4-2-3-5-19(17)22(23,24)25/h2-5,15H,6-14H2,1H3. The molecule has 0 bridgehead atoms. The van der Waals surface area contributed by atoms with Gasteiger partial charge >= 0.3 is 6.18 Å². The number of aliphatic imine (C=N–C) groups is 1. The van der Waals surface area contributed by atoms with Crippen LogP contribution in [0.5, 0.6) is 0 Å². The molecule has 162 valence electrons. The van der Waals surface area contributed by atoms with E-state index in [9.17, 15) is 18.0 Å². The summed E-state index contributed by atoms with van der Waals surface area (Å²) in [4.78, 5) is 21.5. The minimum atomic E-state index is -4.36. The molecule has 1 aromatic carbocycles. The number of rotatable bonds is 4. The lowest BCUT2D eigenvalue weighted by atomic mass is 9.86. The first kappa shape index (κ1) is 21.1. The first-order valence-electron chi connectivity index (χ1n) is 10.3. The number of hydrogen-bond acceptors (Lipinski definition) is 4. The molecule has 1 aromatic rings. The van der Waals surface area contributed by atoms with Gasteiger partial charge in [0.1, 0.15) is 5.71 Å². The normalized spacial score (nSPS) is 21.1. The van der Waals surface area contributed by atoms with Crippen molar-refractivity contribution in [3.63, 3.8) is 0 Å². The molecule has 30 heavy (non-hydrogen) atoms. The van der Waals surface area contributed by atoms with Gasteiger partial charge in [-0.2, -0.15) is 13.2 Å². The van der Waals surface area contributed by atoms with E-state index < -0.39 is 11.7 Å². The summed E-state index contributed by atoms with van der Waals surface area (Å²) in [5.41, 5.74) is 2.53. The van der Waals surface area contributed by atoms with Crippen LogP contribution in [0.1, 0.15) is 36.3 Å². The Morgan fingerprint density at radius 3 is 2.63 bits per heavy atom. The smallest absolute Gasteiger partial charge is 0.369 e. The van der Waals surface area contributed by atoms with Crippen molar-refractivity contribution in [1.82, 2.24) is 9.80 Å². The van der Waals surface area contributed by atoms with Crippen molar-refractivity contribution in [2.45, 2.75) is 31.4 Å². The second-order valence-corrected chi connectivity index (χ2v) is 8.12. The molecule has 5 nitrogen and oxygen atoms in total. The summed E-state index contributed by atoms with van der Waals surface area (Å²) in [6, 6.07) is 5.78. The van der Waals surface area contributed by atoms with Gasteiger partial charge in [-0.05, 0) is 48.0 Å². The van der Waals surface area contributed by atoms with E-state index in [1.54, 1.807) is 24.1 Å². The van der Waals surface area contributed by atoms with E-state index in [4.69, 9.17) is 4.74 Å². The van der Waals surface area contributed by atoms with Crippen molar-refractivity contribution in [1.29, 1.82) is 0 Å². The predicted octanol–water partition coefficient (Wildman–Crippen LogP) is 3.47. The first-order chi connectivity index (χ1) is 14.4. The molecular weight excluding hydrogens is 395 g/mol. The highest BCUT2D eigenvalue weighted by Crippen LogP contribution is 2.38. The Hall–Kier alpha value is -2.19. The van der Waals surface area contributed by atoms with Gasteiger partial charge in [-0.3, -0.25) is 14.7 Å². The molecule has 8 heteroatoms. The Morgan fingerprint density at radius 2 is 1.93 bits per heavy atom. The molecule has 3 aliphatic heterocycles. The molecule has 1 fully saturated rings. The minimum absolute atomic E-state index is 0.0955. The van der Waals surface area contributed by atoms with Crippen LogP contribution >= 0.6 is 0 Å². The second-order valence-electron chi connectivity index (χ2n) is 8.12. The summed E-state index contributed by atoms with van der Waals surface area (Å²) < 4.78 is 45.3. The minimum Gasteiger partial charge on any atom is -0.369 e. The number of hydrogen-bond donors (Lipinski definition) is 0. The number of ether oxygens (including phenoxy) is 1. The topological polar surface area (TPSA) is 45.1 Å². The average molecular weight is 421 g/mol. The zero-order chi connectivity index (χ0) is 21.3. The molecule has 0 spiro atoms. The van der Waals surface area contributed by atoms with Gasteiger partial charge in [-0.25, -0.2) is 0 Å². The fourth-order valence-corrected chi connectivity index (χ4v) is 4.69. The lowest BCUT2D eigenvalue weighted by molar-refractivity contribution is -0.138. The highest BCUT2D eigenvalue weighted by molar-refractivity contribution is 6.46. The quantitative estimate of drug-likeness (QED) is 0.748. The van der Waals surface area contributed by atoms with Crippen molar-refractivity contribution in [3.8, 4) is 0 Å². The summed E-state index contributed by atoms with van der Waals surface area (Å²) in [6.07, 6.45) is -2.43. The molecule has 0 radical (unpaired) electrons. The number of nitrogens with zero attached hydrogens (tertiary/aromatic N) is 3. The van der Waals surface area contributed by atoms with Crippen LogP contribution in [0.25, 0.3) is 0 Å². The zero-order valence-electron chi connectivity index (χ0n) is 17.0. The van der Waals surface area contributed by atoms with Crippen molar-refractivity contribution >= 4 is 11.6 Å². The largest absolute Gasteiger partial charge is 0.416 e. The Balaban J connectivity index is 1.42. The van der Waals surface area contributed by atoms with E-state index in [1.165, 1.54) is 11.6 Å². The molecule has 0 N–H and O–H groups in total. The number of piperidine rings is 1. The maximum atomic E-state index is 13.4. The number of methoxy groups -OCH3 is 1. The number of carbonyl (C=O) groups is 1. The Labute approximate surface area is 174 Å². The second kappa shape index (κ2) is 8.51. The Morgan fingerprint density at radius 1 is 1.20 bits per heavy atom. The third-order valence-corrected chi connectivity index (χ3v) is 6.25. The van der Waals surface area contributed by atoms with Gasteiger partial charge in [-0.1, -0.05) is 18.2 Å². The van der Waals surface area contributed by atoms with E-state index >= 15 is 0 Å². The van der Waals surface area contributed by atoms with Gasteiger partial charge < -0.3 is 9.64 Å². The van der Waals surface area contributed by atoms with Crippen LogP contribution in [0, 0.1) is 0 Å². The van der Waals surface area contributed by atoms with E-state index in [2.05, 4.69) is 9.89 Å². The van der Waals surface area contributed by atoms with Gasteiger partial charge in [0.05, 0.1) is 18.8 Å². The molecule has 0 atom stereocenters. The zero-order valence-corrected chi connectivity index (χ0v) is 17.0. The Kier molecular flexibility index (Phi) is 5.97. The van der Waals surface area contributed by atoms with Crippen molar-refractivity contribution in [2.24, 2.45) is 4.99 Å². The summed E-state index contributed by atoms with van der Waals surface area (Å²) >= 11 is 0. The van der Waals surface area contributed by atoms with E-state index in [1.807, 2.05) is 0 Å². The third-order valence-electron chi connectivity index (χ3n) is 6.25. The third kappa shape index (κ3) is 4.16. The number of likely N-dealkylation sites (tertiary alicyclic amines) is 1. The lowest BCUT2D eigenvalue weighted by Crippen LogP contribution is -2.44.